The second-order valence-corrected chi connectivity index (χ2v) is 8.95. The smallest absolute Gasteiger partial charge is 0.359 e. The maximum Gasteiger partial charge on any atom is 0.359 e. The Bertz CT molecular complexity index is 1670. The van der Waals surface area contributed by atoms with E-state index in [1.54, 1.807) is 48.7 Å². The van der Waals surface area contributed by atoms with Crippen LogP contribution in [0, 0.1) is 0 Å². The molecule has 3 aromatic carbocycles. The number of thiophene rings is 1. The van der Waals surface area contributed by atoms with Crippen molar-refractivity contribution in [3.8, 4) is 5.69 Å². The number of fused-ring (bicyclic) bond motifs is 2. The van der Waals surface area contributed by atoms with Gasteiger partial charge in [-0.3, -0.25) is 9.59 Å². The molecule has 0 spiro atoms. The highest BCUT2D eigenvalue weighted by Crippen LogP contribution is 2.31. The lowest BCUT2D eigenvalue weighted by molar-refractivity contribution is 0.0520. The van der Waals surface area contributed by atoms with Crippen LogP contribution in [-0.4, -0.2) is 28.3 Å². The average molecular weight is 504 g/mol. The molecule has 5 aromatic rings. The minimum Gasteiger partial charge on any atom is -0.461 e. The number of amides is 1. The summed E-state index contributed by atoms with van der Waals surface area (Å²) < 4.78 is 6.26. The zero-order valence-electron chi connectivity index (χ0n) is 18.4. The Kier molecular flexibility index (Phi) is 6.07. The fourth-order valence-corrected chi connectivity index (χ4v) is 4.90. The van der Waals surface area contributed by atoms with Crippen molar-refractivity contribution >= 4 is 61.4 Å². The van der Waals surface area contributed by atoms with Gasteiger partial charge in [-0.25, -0.2) is 4.79 Å². The van der Waals surface area contributed by atoms with Gasteiger partial charge in [0.05, 0.1) is 17.7 Å². The van der Waals surface area contributed by atoms with E-state index in [4.69, 9.17) is 16.3 Å². The Morgan fingerprint density at radius 3 is 2.63 bits per heavy atom. The van der Waals surface area contributed by atoms with Crippen molar-refractivity contribution in [1.82, 2.24) is 9.78 Å². The number of nitrogens with zero attached hydrogens (tertiary/aromatic N) is 2. The van der Waals surface area contributed by atoms with Crippen molar-refractivity contribution in [3.63, 3.8) is 0 Å². The number of benzene rings is 3. The molecule has 0 radical (unpaired) electrons. The summed E-state index contributed by atoms with van der Waals surface area (Å²) in [5.74, 6) is -1.04. The minimum absolute atomic E-state index is 0.0242. The van der Waals surface area contributed by atoms with Crippen molar-refractivity contribution in [2.24, 2.45) is 0 Å². The maximum absolute atomic E-state index is 13.5. The first-order valence-corrected chi connectivity index (χ1v) is 12.0. The number of carbonyl (C=O) groups is 2. The van der Waals surface area contributed by atoms with Gasteiger partial charge in [-0.05, 0) is 48.0 Å². The van der Waals surface area contributed by atoms with Crippen LogP contribution in [0.1, 0.15) is 27.8 Å². The van der Waals surface area contributed by atoms with E-state index in [0.29, 0.717) is 26.7 Å². The predicted molar refractivity (Wildman–Crippen MR) is 138 cm³/mol. The number of aromatic nitrogens is 2. The van der Waals surface area contributed by atoms with Gasteiger partial charge in [0.2, 0.25) is 0 Å². The van der Waals surface area contributed by atoms with Crippen molar-refractivity contribution in [2.75, 3.05) is 11.9 Å². The summed E-state index contributed by atoms with van der Waals surface area (Å²) in [5.41, 5.74) is 0.308. The van der Waals surface area contributed by atoms with Crippen LogP contribution in [-0.2, 0) is 4.74 Å². The largest absolute Gasteiger partial charge is 0.461 e. The molecule has 1 N–H and O–H groups in total. The summed E-state index contributed by atoms with van der Waals surface area (Å²) in [5, 5.41) is 11.9. The number of esters is 1. The normalized spacial score (nSPS) is 11.0. The van der Waals surface area contributed by atoms with Crippen molar-refractivity contribution in [2.45, 2.75) is 6.92 Å². The van der Waals surface area contributed by atoms with E-state index in [2.05, 4.69) is 10.4 Å². The number of carbonyl (C=O) groups excluding carboxylic acids is 2. The molecule has 0 saturated heterocycles. The lowest BCUT2D eigenvalue weighted by atomic mass is 10.1. The second kappa shape index (κ2) is 9.32. The highest BCUT2D eigenvalue weighted by atomic mass is 35.5. The molecule has 35 heavy (non-hydrogen) atoms. The van der Waals surface area contributed by atoms with E-state index in [9.17, 15) is 14.4 Å². The minimum atomic E-state index is -0.668. The fraction of sp³-hybridized carbons (Fsp3) is 0.0769. The monoisotopic (exact) mass is 503 g/mol. The van der Waals surface area contributed by atoms with Gasteiger partial charge >= 0.3 is 5.97 Å². The zero-order chi connectivity index (χ0) is 24.5. The molecule has 0 aliphatic carbocycles. The van der Waals surface area contributed by atoms with Crippen LogP contribution >= 0.6 is 22.9 Å². The van der Waals surface area contributed by atoms with Gasteiger partial charge in [0, 0.05) is 21.4 Å². The van der Waals surface area contributed by atoms with E-state index in [1.165, 1.54) is 0 Å². The number of ether oxygens (including phenoxy) is 1. The summed E-state index contributed by atoms with van der Waals surface area (Å²) in [4.78, 5) is 39.3. The van der Waals surface area contributed by atoms with E-state index in [-0.39, 0.29) is 23.6 Å². The van der Waals surface area contributed by atoms with Crippen LogP contribution in [0.15, 0.2) is 76.9 Å². The summed E-state index contributed by atoms with van der Waals surface area (Å²) in [6.07, 6.45) is 0. The maximum atomic E-state index is 13.5. The molecule has 174 valence electrons. The lowest BCUT2D eigenvalue weighted by Crippen LogP contribution is -2.25. The molecule has 0 fully saturated rings. The van der Waals surface area contributed by atoms with Crippen LogP contribution in [0.3, 0.4) is 0 Å². The predicted octanol–water partition coefficient (Wildman–Crippen LogP) is 5.68. The molecule has 0 saturated carbocycles. The number of anilines is 1. The molecule has 0 aliphatic heterocycles. The van der Waals surface area contributed by atoms with Gasteiger partial charge in [0.25, 0.3) is 11.5 Å². The van der Waals surface area contributed by atoms with Crippen LogP contribution in [0.4, 0.5) is 5.00 Å². The number of rotatable bonds is 5. The van der Waals surface area contributed by atoms with Crippen molar-refractivity contribution in [1.29, 1.82) is 0 Å². The molecular formula is C26H18ClN3O4S. The molecule has 0 unspecified atom stereocenters. The summed E-state index contributed by atoms with van der Waals surface area (Å²) >= 11 is 7.26. The van der Waals surface area contributed by atoms with Gasteiger partial charge in [0.15, 0.2) is 5.69 Å². The molecule has 5 rings (SSSR count). The first-order chi connectivity index (χ1) is 17.0. The van der Waals surface area contributed by atoms with E-state index in [0.717, 1.165) is 26.8 Å². The fourth-order valence-electron chi connectivity index (χ4n) is 3.78. The lowest BCUT2D eigenvalue weighted by Gasteiger charge is -2.10. The number of nitrogens with one attached hydrogen (secondary N) is 1. The SMILES string of the molecule is CCOC(=O)c1nn(-c2cccc(Cl)c2)c(=O)c2c(NC(=O)c3ccc4ccccc4c3)scc12. The highest BCUT2D eigenvalue weighted by molar-refractivity contribution is 7.16. The molecule has 2 aromatic heterocycles. The molecule has 0 bridgehead atoms. The van der Waals surface area contributed by atoms with E-state index >= 15 is 0 Å². The quantitative estimate of drug-likeness (QED) is 0.311. The molecule has 2 heterocycles. The third kappa shape index (κ3) is 4.29. The summed E-state index contributed by atoms with van der Waals surface area (Å²) in [6, 6.07) is 19.7. The molecule has 0 atom stereocenters. The molecule has 7 nitrogen and oxygen atoms in total. The topological polar surface area (TPSA) is 90.3 Å². The Morgan fingerprint density at radius 1 is 1.06 bits per heavy atom. The van der Waals surface area contributed by atoms with Crippen LogP contribution in [0.2, 0.25) is 5.02 Å². The Balaban J connectivity index is 1.63. The van der Waals surface area contributed by atoms with Gasteiger partial charge in [0.1, 0.15) is 5.00 Å². The number of hydrogen-bond acceptors (Lipinski definition) is 6. The van der Waals surface area contributed by atoms with Crippen LogP contribution in [0.25, 0.3) is 27.2 Å². The zero-order valence-corrected chi connectivity index (χ0v) is 20.0. The van der Waals surface area contributed by atoms with Crippen molar-refractivity contribution in [3.05, 3.63) is 98.7 Å². The van der Waals surface area contributed by atoms with E-state index in [1.807, 2.05) is 30.3 Å². The number of halogens is 1. The van der Waals surface area contributed by atoms with Crippen LogP contribution in [0.5, 0.6) is 0 Å². The molecule has 9 heteroatoms. The first kappa shape index (κ1) is 22.8. The third-order valence-electron chi connectivity index (χ3n) is 5.41. The van der Waals surface area contributed by atoms with Gasteiger partial charge in [-0.15, -0.1) is 11.3 Å². The third-order valence-corrected chi connectivity index (χ3v) is 6.54. The summed E-state index contributed by atoms with van der Waals surface area (Å²) in [6.45, 7) is 1.83. The molecule has 0 aliphatic rings. The molecule has 1 amide bonds. The standard InChI is InChI=1S/C26H18ClN3O4S/c1-2-34-26(33)22-20-14-35-24(21(20)25(32)30(29-22)19-9-5-8-18(27)13-19)28-23(31)17-11-10-15-6-3-4-7-16(15)12-17/h3-14H,2H2,1H3,(H,28,31). The van der Waals surface area contributed by atoms with Crippen molar-refractivity contribution < 1.29 is 14.3 Å². The number of hydrogen-bond donors (Lipinski definition) is 1. The van der Waals surface area contributed by atoms with Gasteiger partial charge in [-0.2, -0.15) is 9.78 Å². The summed E-state index contributed by atoms with van der Waals surface area (Å²) in [7, 11) is 0. The first-order valence-electron chi connectivity index (χ1n) is 10.7. The van der Waals surface area contributed by atoms with Gasteiger partial charge in [-0.1, -0.05) is 48.0 Å². The van der Waals surface area contributed by atoms with E-state index < -0.39 is 11.5 Å². The Hall–Kier alpha value is -4.01. The van der Waals surface area contributed by atoms with Crippen LogP contribution < -0.4 is 10.9 Å². The second-order valence-electron chi connectivity index (χ2n) is 7.64. The highest BCUT2D eigenvalue weighted by Gasteiger charge is 2.23. The Morgan fingerprint density at radius 2 is 1.86 bits per heavy atom. The Labute approximate surface area is 208 Å². The van der Waals surface area contributed by atoms with Gasteiger partial charge < -0.3 is 10.1 Å². The average Bonchev–Trinajstić information content (AvgIpc) is 3.28. The molecular weight excluding hydrogens is 486 g/mol.